The fourth-order valence-corrected chi connectivity index (χ4v) is 1.29. The number of furan rings is 1. The molecule has 0 saturated heterocycles. The molecule has 4 nitrogen and oxygen atoms in total. The first-order valence-corrected chi connectivity index (χ1v) is 5.27. The standard InChI is InChI=1S/C11H17NO3/c13-8-4-2-1-3-7-12-11(14)10-6-5-9-15-10/h5-6,9,13H,1-4,7-8H2,(H,12,14). The number of nitrogens with one attached hydrogen (secondary N) is 1. The number of hydrogen-bond donors (Lipinski definition) is 2. The van der Waals surface area contributed by atoms with E-state index < -0.39 is 0 Å². The van der Waals surface area contributed by atoms with Crippen molar-refractivity contribution in [1.29, 1.82) is 0 Å². The summed E-state index contributed by atoms with van der Waals surface area (Å²) in [7, 11) is 0. The maximum absolute atomic E-state index is 11.3. The lowest BCUT2D eigenvalue weighted by molar-refractivity contribution is 0.0925. The number of unbranched alkanes of at least 4 members (excludes halogenated alkanes) is 3. The second kappa shape index (κ2) is 7.06. The first-order chi connectivity index (χ1) is 7.34. The second-order valence-electron chi connectivity index (χ2n) is 3.37. The van der Waals surface area contributed by atoms with Gasteiger partial charge in [-0.2, -0.15) is 0 Å². The summed E-state index contributed by atoms with van der Waals surface area (Å²) < 4.78 is 4.95. The predicted molar refractivity (Wildman–Crippen MR) is 56.6 cm³/mol. The largest absolute Gasteiger partial charge is 0.459 e. The van der Waals surface area contributed by atoms with E-state index in [0.29, 0.717) is 12.3 Å². The minimum absolute atomic E-state index is 0.165. The summed E-state index contributed by atoms with van der Waals surface area (Å²) in [4.78, 5) is 11.3. The van der Waals surface area contributed by atoms with Gasteiger partial charge in [-0.3, -0.25) is 4.79 Å². The highest BCUT2D eigenvalue weighted by atomic mass is 16.3. The Kier molecular flexibility index (Phi) is 5.55. The van der Waals surface area contributed by atoms with Crippen LogP contribution in [0.3, 0.4) is 0 Å². The lowest BCUT2D eigenvalue weighted by atomic mass is 10.2. The third-order valence-corrected chi connectivity index (χ3v) is 2.12. The molecule has 0 aliphatic rings. The topological polar surface area (TPSA) is 62.5 Å². The number of carbonyl (C=O) groups is 1. The van der Waals surface area contributed by atoms with Crippen molar-refractivity contribution < 1.29 is 14.3 Å². The van der Waals surface area contributed by atoms with Crippen LogP contribution in [0.25, 0.3) is 0 Å². The minimum Gasteiger partial charge on any atom is -0.459 e. The van der Waals surface area contributed by atoms with E-state index in [0.717, 1.165) is 25.7 Å². The number of aliphatic hydroxyl groups is 1. The molecule has 4 heteroatoms. The Morgan fingerprint density at radius 1 is 1.33 bits per heavy atom. The molecule has 0 fully saturated rings. The van der Waals surface area contributed by atoms with Gasteiger partial charge >= 0.3 is 0 Å². The van der Waals surface area contributed by atoms with Gasteiger partial charge in [-0.15, -0.1) is 0 Å². The molecule has 0 unspecified atom stereocenters. The van der Waals surface area contributed by atoms with Gasteiger partial charge in [0.25, 0.3) is 5.91 Å². The van der Waals surface area contributed by atoms with Crippen molar-refractivity contribution >= 4 is 5.91 Å². The van der Waals surface area contributed by atoms with E-state index in [2.05, 4.69) is 5.32 Å². The summed E-state index contributed by atoms with van der Waals surface area (Å²) in [6.07, 6.45) is 5.29. The highest BCUT2D eigenvalue weighted by molar-refractivity contribution is 5.91. The Bertz CT molecular complexity index is 269. The third-order valence-electron chi connectivity index (χ3n) is 2.12. The fourth-order valence-electron chi connectivity index (χ4n) is 1.29. The SMILES string of the molecule is O=C(NCCCCCCO)c1ccco1. The molecular weight excluding hydrogens is 194 g/mol. The molecule has 0 aromatic carbocycles. The smallest absolute Gasteiger partial charge is 0.286 e. The van der Waals surface area contributed by atoms with E-state index in [1.54, 1.807) is 12.1 Å². The van der Waals surface area contributed by atoms with Crippen LogP contribution in [0.2, 0.25) is 0 Å². The Hall–Kier alpha value is -1.29. The Morgan fingerprint density at radius 2 is 2.13 bits per heavy atom. The summed E-state index contributed by atoms with van der Waals surface area (Å²) in [5, 5.41) is 11.3. The molecule has 0 saturated carbocycles. The van der Waals surface area contributed by atoms with Crippen LogP contribution in [-0.4, -0.2) is 24.2 Å². The monoisotopic (exact) mass is 211 g/mol. The highest BCUT2D eigenvalue weighted by Gasteiger charge is 2.06. The molecule has 0 aliphatic heterocycles. The summed E-state index contributed by atoms with van der Waals surface area (Å²) in [6.45, 7) is 0.906. The molecule has 1 heterocycles. The van der Waals surface area contributed by atoms with E-state index in [9.17, 15) is 4.79 Å². The van der Waals surface area contributed by atoms with Crippen molar-refractivity contribution in [3.8, 4) is 0 Å². The van der Waals surface area contributed by atoms with Crippen molar-refractivity contribution in [1.82, 2.24) is 5.32 Å². The molecule has 1 amide bonds. The molecule has 0 spiro atoms. The van der Waals surface area contributed by atoms with Crippen molar-refractivity contribution in [3.63, 3.8) is 0 Å². The van der Waals surface area contributed by atoms with Crippen LogP contribution < -0.4 is 5.32 Å². The van der Waals surface area contributed by atoms with E-state index in [-0.39, 0.29) is 12.5 Å². The van der Waals surface area contributed by atoms with Crippen molar-refractivity contribution in [2.75, 3.05) is 13.2 Å². The first-order valence-electron chi connectivity index (χ1n) is 5.27. The number of hydrogen-bond acceptors (Lipinski definition) is 3. The van der Waals surface area contributed by atoms with Gasteiger partial charge in [0.15, 0.2) is 5.76 Å². The van der Waals surface area contributed by atoms with Crippen LogP contribution in [0, 0.1) is 0 Å². The Labute approximate surface area is 89.3 Å². The summed E-state index contributed by atoms with van der Waals surface area (Å²) >= 11 is 0. The molecular formula is C11H17NO3. The van der Waals surface area contributed by atoms with Gasteiger partial charge in [0.05, 0.1) is 6.26 Å². The lowest BCUT2D eigenvalue weighted by Crippen LogP contribution is -2.23. The van der Waals surface area contributed by atoms with E-state index in [4.69, 9.17) is 9.52 Å². The number of amides is 1. The van der Waals surface area contributed by atoms with Gasteiger partial charge in [0.1, 0.15) is 0 Å². The Morgan fingerprint density at radius 3 is 2.80 bits per heavy atom. The zero-order chi connectivity index (χ0) is 10.9. The molecule has 84 valence electrons. The number of carbonyl (C=O) groups excluding carboxylic acids is 1. The molecule has 0 aliphatic carbocycles. The van der Waals surface area contributed by atoms with Gasteiger partial charge in [-0.1, -0.05) is 12.8 Å². The van der Waals surface area contributed by atoms with Gasteiger partial charge in [0, 0.05) is 13.2 Å². The Balaban J connectivity index is 2.03. The van der Waals surface area contributed by atoms with Crippen LogP contribution in [0.15, 0.2) is 22.8 Å². The van der Waals surface area contributed by atoms with Crippen LogP contribution in [0.1, 0.15) is 36.2 Å². The molecule has 15 heavy (non-hydrogen) atoms. The van der Waals surface area contributed by atoms with Crippen LogP contribution in [0.5, 0.6) is 0 Å². The molecule has 1 aromatic heterocycles. The normalized spacial score (nSPS) is 10.2. The molecule has 0 radical (unpaired) electrons. The van der Waals surface area contributed by atoms with Gasteiger partial charge in [0.2, 0.25) is 0 Å². The van der Waals surface area contributed by atoms with E-state index >= 15 is 0 Å². The number of aliphatic hydroxyl groups excluding tert-OH is 1. The average Bonchev–Trinajstić information content (AvgIpc) is 2.76. The average molecular weight is 211 g/mol. The van der Waals surface area contributed by atoms with E-state index in [1.807, 2.05) is 0 Å². The fraction of sp³-hybridized carbons (Fsp3) is 0.545. The first kappa shape index (κ1) is 11.8. The summed E-state index contributed by atoms with van der Waals surface area (Å²) in [5.74, 6) is 0.188. The van der Waals surface area contributed by atoms with Crippen LogP contribution >= 0.6 is 0 Å². The van der Waals surface area contributed by atoms with Crippen LogP contribution in [-0.2, 0) is 0 Å². The van der Waals surface area contributed by atoms with Crippen molar-refractivity contribution in [2.24, 2.45) is 0 Å². The van der Waals surface area contributed by atoms with Gasteiger partial charge in [-0.25, -0.2) is 0 Å². The van der Waals surface area contributed by atoms with Gasteiger partial charge < -0.3 is 14.8 Å². The lowest BCUT2D eigenvalue weighted by Gasteiger charge is -2.02. The maximum Gasteiger partial charge on any atom is 0.286 e. The van der Waals surface area contributed by atoms with E-state index in [1.165, 1.54) is 6.26 Å². The molecule has 1 aromatic rings. The van der Waals surface area contributed by atoms with Gasteiger partial charge in [-0.05, 0) is 25.0 Å². The van der Waals surface area contributed by atoms with Crippen LogP contribution in [0.4, 0.5) is 0 Å². The summed E-state index contributed by atoms with van der Waals surface area (Å²) in [6, 6.07) is 3.33. The minimum atomic E-state index is -0.165. The van der Waals surface area contributed by atoms with Crippen molar-refractivity contribution in [3.05, 3.63) is 24.2 Å². The molecule has 0 atom stereocenters. The predicted octanol–water partition coefficient (Wildman–Crippen LogP) is 1.56. The quantitative estimate of drug-likeness (QED) is 0.673. The summed E-state index contributed by atoms with van der Waals surface area (Å²) in [5.41, 5.74) is 0. The molecule has 0 bridgehead atoms. The zero-order valence-corrected chi connectivity index (χ0v) is 8.74. The van der Waals surface area contributed by atoms with Crippen molar-refractivity contribution in [2.45, 2.75) is 25.7 Å². The highest BCUT2D eigenvalue weighted by Crippen LogP contribution is 2.00. The molecule has 1 rings (SSSR count). The zero-order valence-electron chi connectivity index (χ0n) is 8.74. The number of rotatable bonds is 7. The molecule has 2 N–H and O–H groups in total. The second-order valence-corrected chi connectivity index (χ2v) is 3.37. The third kappa shape index (κ3) is 4.65. The maximum atomic E-state index is 11.3.